The number of aryl methyl sites for hydroxylation is 1. The molecule has 0 saturated heterocycles. The molecule has 29 heavy (non-hydrogen) atoms. The molecule has 9 heteroatoms. The Balaban J connectivity index is 1.37. The van der Waals surface area contributed by atoms with Crippen LogP contribution in [-0.4, -0.2) is 45.1 Å². The maximum absolute atomic E-state index is 12.4. The number of Topliss-reactive ketones (excluding diaryl/α,β-unsaturated/α-hetero) is 1. The third kappa shape index (κ3) is 4.23. The van der Waals surface area contributed by atoms with E-state index in [4.69, 9.17) is 9.47 Å². The summed E-state index contributed by atoms with van der Waals surface area (Å²) in [6.07, 6.45) is 1.65. The molecule has 1 N–H and O–H groups in total. The number of carbonyl (C=O) groups excluding carboxylic acids is 2. The molecule has 2 heterocycles. The number of benzene rings is 2. The monoisotopic (exact) mass is 393 g/mol. The van der Waals surface area contributed by atoms with E-state index in [1.54, 1.807) is 30.3 Å². The Labute approximate surface area is 166 Å². The first-order valence-corrected chi connectivity index (χ1v) is 9.17. The Hall–Kier alpha value is -3.75. The zero-order valence-corrected chi connectivity index (χ0v) is 15.8. The van der Waals surface area contributed by atoms with Crippen LogP contribution in [0, 0.1) is 6.92 Å². The number of nitrogens with one attached hydrogen (secondary N) is 1. The summed E-state index contributed by atoms with van der Waals surface area (Å²) in [5, 5.41) is 13.9. The molecule has 0 aliphatic carbocycles. The van der Waals surface area contributed by atoms with Crippen LogP contribution in [0.15, 0.2) is 42.7 Å². The number of aromatic nitrogens is 4. The van der Waals surface area contributed by atoms with Crippen molar-refractivity contribution in [2.75, 3.05) is 18.5 Å². The lowest BCUT2D eigenvalue weighted by Crippen LogP contribution is -2.16. The fourth-order valence-corrected chi connectivity index (χ4v) is 3.02. The molecule has 1 aliphatic rings. The normalized spacial score (nSPS) is 12.4. The molecule has 0 spiro atoms. The zero-order valence-electron chi connectivity index (χ0n) is 15.8. The third-order valence-electron chi connectivity index (χ3n) is 4.53. The average molecular weight is 393 g/mol. The minimum atomic E-state index is -0.248. The lowest BCUT2D eigenvalue weighted by atomic mass is 10.1. The second kappa shape index (κ2) is 8.09. The number of nitrogens with zero attached hydrogens (tertiary/aromatic N) is 4. The molecule has 4 rings (SSSR count). The highest BCUT2D eigenvalue weighted by Gasteiger charge is 2.16. The van der Waals surface area contributed by atoms with Gasteiger partial charge in [0.05, 0.1) is 5.69 Å². The van der Waals surface area contributed by atoms with E-state index in [2.05, 4.69) is 20.8 Å². The highest BCUT2D eigenvalue weighted by atomic mass is 16.6. The van der Waals surface area contributed by atoms with Gasteiger partial charge in [0, 0.05) is 24.1 Å². The van der Waals surface area contributed by atoms with Gasteiger partial charge in [-0.25, -0.2) is 4.68 Å². The zero-order chi connectivity index (χ0) is 20.2. The van der Waals surface area contributed by atoms with Crippen LogP contribution in [0.1, 0.15) is 28.8 Å². The summed E-state index contributed by atoms with van der Waals surface area (Å²) < 4.78 is 12.5. The van der Waals surface area contributed by atoms with Crippen LogP contribution in [0.4, 0.5) is 5.69 Å². The molecule has 1 aliphatic heterocycles. The van der Waals surface area contributed by atoms with E-state index in [1.807, 2.05) is 13.0 Å². The number of ether oxygens (including phenoxy) is 2. The van der Waals surface area contributed by atoms with Crippen molar-refractivity contribution in [1.29, 1.82) is 0 Å². The van der Waals surface area contributed by atoms with E-state index in [1.165, 1.54) is 11.0 Å². The number of amides is 1. The number of anilines is 1. The molecular weight excluding hydrogens is 374 g/mol. The van der Waals surface area contributed by atoms with Crippen LogP contribution in [0.2, 0.25) is 0 Å². The summed E-state index contributed by atoms with van der Waals surface area (Å²) >= 11 is 0. The lowest BCUT2D eigenvalue weighted by molar-refractivity contribution is -0.116. The molecule has 0 unspecified atom stereocenters. The number of rotatable bonds is 6. The Bertz CT molecular complexity index is 1050. The van der Waals surface area contributed by atoms with E-state index in [0.717, 1.165) is 11.3 Å². The first kappa shape index (κ1) is 18.6. The molecule has 0 saturated carbocycles. The van der Waals surface area contributed by atoms with Gasteiger partial charge in [-0.2, -0.15) is 0 Å². The first-order chi connectivity index (χ1) is 14.1. The number of fused-ring (bicyclic) bond motifs is 1. The van der Waals surface area contributed by atoms with Crippen molar-refractivity contribution >= 4 is 17.4 Å². The molecule has 0 bridgehead atoms. The molecule has 9 nitrogen and oxygen atoms in total. The molecule has 2 aromatic carbocycles. The van der Waals surface area contributed by atoms with E-state index in [0.29, 0.717) is 36.0 Å². The van der Waals surface area contributed by atoms with Gasteiger partial charge in [-0.15, -0.1) is 5.10 Å². The molecule has 0 atom stereocenters. The van der Waals surface area contributed by atoms with Gasteiger partial charge in [-0.1, -0.05) is 6.07 Å². The Morgan fingerprint density at radius 1 is 1.07 bits per heavy atom. The summed E-state index contributed by atoms with van der Waals surface area (Å²) in [7, 11) is 0. The maximum Gasteiger partial charge on any atom is 0.224 e. The van der Waals surface area contributed by atoms with Crippen molar-refractivity contribution in [1.82, 2.24) is 20.2 Å². The Kier molecular flexibility index (Phi) is 5.19. The summed E-state index contributed by atoms with van der Waals surface area (Å²) in [6, 6.07) is 10.5. The molecule has 1 amide bonds. The van der Waals surface area contributed by atoms with E-state index in [9.17, 15) is 9.59 Å². The predicted octanol–water partition coefficient (Wildman–Crippen LogP) is 2.34. The standard InChI is InChI=1S/C20H19N5O4/c1-13-2-4-15(11-16(13)25-12-21-23-24-25)22-20(27)7-5-17(26)14-3-6-18-19(10-14)29-9-8-28-18/h2-4,6,10-12H,5,7-9H2,1H3,(H,22,27). The topological polar surface area (TPSA) is 108 Å². The predicted molar refractivity (Wildman–Crippen MR) is 104 cm³/mol. The highest BCUT2D eigenvalue weighted by molar-refractivity contribution is 6.00. The number of ketones is 1. The number of tetrazole rings is 1. The smallest absolute Gasteiger partial charge is 0.224 e. The van der Waals surface area contributed by atoms with Crippen molar-refractivity contribution in [2.45, 2.75) is 19.8 Å². The van der Waals surface area contributed by atoms with Crippen molar-refractivity contribution in [3.8, 4) is 17.2 Å². The molecular formula is C20H19N5O4. The van der Waals surface area contributed by atoms with E-state index >= 15 is 0 Å². The van der Waals surface area contributed by atoms with Crippen molar-refractivity contribution < 1.29 is 19.1 Å². The van der Waals surface area contributed by atoms with Crippen LogP contribution >= 0.6 is 0 Å². The molecule has 3 aromatic rings. The average Bonchev–Trinajstić information content (AvgIpc) is 3.27. The summed E-state index contributed by atoms with van der Waals surface area (Å²) in [5.41, 5.74) is 2.83. The van der Waals surface area contributed by atoms with Gasteiger partial charge in [-0.3, -0.25) is 9.59 Å². The van der Waals surface area contributed by atoms with Gasteiger partial charge in [0.25, 0.3) is 0 Å². The molecule has 0 radical (unpaired) electrons. The SMILES string of the molecule is Cc1ccc(NC(=O)CCC(=O)c2ccc3c(c2)OCCO3)cc1-n1cnnn1. The first-order valence-electron chi connectivity index (χ1n) is 9.17. The summed E-state index contributed by atoms with van der Waals surface area (Å²) in [4.78, 5) is 24.7. The van der Waals surface area contributed by atoms with Gasteiger partial charge >= 0.3 is 0 Å². The lowest BCUT2D eigenvalue weighted by Gasteiger charge is -2.18. The van der Waals surface area contributed by atoms with E-state index < -0.39 is 0 Å². The van der Waals surface area contributed by atoms with Crippen LogP contribution in [-0.2, 0) is 4.79 Å². The van der Waals surface area contributed by atoms with Gasteiger partial charge < -0.3 is 14.8 Å². The van der Waals surface area contributed by atoms with Crippen molar-refractivity contribution in [2.24, 2.45) is 0 Å². The van der Waals surface area contributed by atoms with E-state index in [-0.39, 0.29) is 24.5 Å². The minimum Gasteiger partial charge on any atom is -0.486 e. The second-order valence-corrected chi connectivity index (χ2v) is 6.59. The highest BCUT2D eigenvalue weighted by Crippen LogP contribution is 2.31. The largest absolute Gasteiger partial charge is 0.486 e. The minimum absolute atomic E-state index is 0.0708. The maximum atomic E-state index is 12.4. The van der Waals surface area contributed by atoms with Crippen LogP contribution in [0.3, 0.4) is 0 Å². The fourth-order valence-electron chi connectivity index (χ4n) is 3.02. The quantitative estimate of drug-likeness (QED) is 0.640. The Morgan fingerprint density at radius 2 is 1.90 bits per heavy atom. The molecule has 1 aromatic heterocycles. The molecule has 0 fully saturated rings. The van der Waals surface area contributed by atoms with Crippen molar-refractivity contribution in [3.05, 3.63) is 53.9 Å². The molecule has 148 valence electrons. The fraction of sp³-hybridized carbons (Fsp3) is 0.250. The number of hydrogen-bond donors (Lipinski definition) is 1. The van der Waals surface area contributed by atoms with Gasteiger partial charge in [-0.05, 0) is 53.2 Å². The summed E-state index contributed by atoms with van der Waals surface area (Å²) in [6.45, 7) is 2.87. The van der Waals surface area contributed by atoms with Crippen LogP contribution < -0.4 is 14.8 Å². The third-order valence-corrected chi connectivity index (χ3v) is 4.53. The van der Waals surface area contributed by atoms with Crippen molar-refractivity contribution in [3.63, 3.8) is 0 Å². The van der Waals surface area contributed by atoms with Gasteiger partial charge in [0.15, 0.2) is 17.3 Å². The van der Waals surface area contributed by atoms with Crippen LogP contribution in [0.5, 0.6) is 11.5 Å². The second-order valence-electron chi connectivity index (χ2n) is 6.59. The summed E-state index contributed by atoms with van der Waals surface area (Å²) in [5.74, 6) is 0.808. The number of hydrogen-bond acceptors (Lipinski definition) is 7. The Morgan fingerprint density at radius 3 is 2.69 bits per heavy atom. The van der Waals surface area contributed by atoms with Gasteiger partial charge in [0.1, 0.15) is 19.5 Å². The van der Waals surface area contributed by atoms with Crippen LogP contribution in [0.25, 0.3) is 5.69 Å². The number of carbonyl (C=O) groups is 2. The van der Waals surface area contributed by atoms with Gasteiger partial charge in [0.2, 0.25) is 5.91 Å².